The molecule has 7 nitrogen and oxygen atoms in total. The molecule has 8 heteroatoms. The lowest BCUT2D eigenvalue weighted by atomic mass is 9.81. The van der Waals surface area contributed by atoms with Crippen LogP contribution in [0.2, 0.25) is 0 Å². The molecule has 0 spiro atoms. The number of amides is 3. The van der Waals surface area contributed by atoms with Crippen molar-refractivity contribution in [1.82, 2.24) is 4.90 Å². The van der Waals surface area contributed by atoms with Gasteiger partial charge in [-0.05, 0) is 74.1 Å². The molecule has 1 aromatic carbocycles. The SMILES string of the molecule is Cc1c(Br)ccc(NC(=O)COC(=O)[C@H](C(C)C)N2C(=O)[C@@H]3[C@H]4CC[C@@H](C4)[C@@H]3C2=O)c1C. The van der Waals surface area contributed by atoms with Crippen molar-refractivity contribution < 1.29 is 23.9 Å². The summed E-state index contributed by atoms with van der Waals surface area (Å²) in [6, 6.07) is 2.61. The Balaban J connectivity index is 1.42. The first kappa shape index (κ1) is 23.0. The van der Waals surface area contributed by atoms with Crippen LogP contribution in [0.5, 0.6) is 0 Å². The van der Waals surface area contributed by atoms with Crippen molar-refractivity contribution in [3.05, 3.63) is 27.7 Å². The molecule has 32 heavy (non-hydrogen) atoms. The summed E-state index contributed by atoms with van der Waals surface area (Å²) in [4.78, 5) is 52.7. The molecule has 1 aromatic rings. The first-order chi connectivity index (χ1) is 15.1. The van der Waals surface area contributed by atoms with E-state index < -0.39 is 24.5 Å². The number of ether oxygens (including phenoxy) is 1. The number of carbonyl (C=O) groups is 4. The molecule has 5 atom stereocenters. The maximum Gasteiger partial charge on any atom is 0.330 e. The molecule has 1 aliphatic heterocycles. The lowest BCUT2D eigenvalue weighted by molar-refractivity contribution is -0.162. The average molecular weight is 505 g/mol. The minimum Gasteiger partial charge on any atom is -0.454 e. The highest BCUT2D eigenvalue weighted by Gasteiger charge is 2.62. The minimum absolute atomic E-state index is 0.242. The van der Waals surface area contributed by atoms with E-state index in [1.54, 1.807) is 19.9 Å². The second-order valence-electron chi connectivity index (χ2n) is 9.62. The Morgan fingerprint density at radius 2 is 1.69 bits per heavy atom. The van der Waals surface area contributed by atoms with Gasteiger partial charge in [-0.1, -0.05) is 29.8 Å². The molecular weight excluding hydrogens is 476 g/mol. The number of nitrogens with one attached hydrogen (secondary N) is 1. The molecule has 1 heterocycles. The summed E-state index contributed by atoms with van der Waals surface area (Å²) in [6.45, 7) is 6.91. The van der Waals surface area contributed by atoms with Crippen molar-refractivity contribution in [3.8, 4) is 0 Å². The van der Waals surface area contributed by atoms with Crippen LogP contribution in [0, 0.1) is 43.4 Å². The van der Waals surface area contributed by atoms with Crippen molar-refractivity contribution in [2.24, 2.45) is 29.6 Å². The van der Waals surface area contributed by atoms with Gasteiger partial charge >= 0.3 is 5.97 Å². The number of anilines is 1. The summed E-state index contributed by atoms with van der Waals surface area (Å²) in [5, 5.41) is 2.76. The smallest absolute Gasteiger partial charge is 0.330 e. The predicted octanol–water partition coefficient (Wildman–Crippen LogP) is 3.60. The lowest BCUT2D eigenvalue weighted by Gasteiger charge is -2.28. The van der Waals surface area contributed by atoms with E-state index in [1.165, 1.54) is 0 Å². The number of imide groups is 1. The predicted molar refractivity (Wildman–Crippen MR) is 121 cm³/mol. The van der Waals surface area contributed by atoms with Gasteiger partial charge in [-0.2, -0.15) is 0 Å². The van der Waals surface area contributed by atoms with E-state index in [0.29, 0.717) is 5.69 Å². The van der Waals surface area contributed by atoms with Gasteiger partial charge < -0.3 is 10.1 Å². The van der Waals surface area contributed by atoms with Crippen molar-refractivity contribution in [2.75, 3.05) is 11.9 Å². The summed E-state index contributed by atoms with van der Waals surface area (Å²) in [7, 11) is 0. The number of hydrogen-bond donors (Lipinski definition) is 1. The zero-order valence-electron chi connectivity index (χ0n) is 18.8. The molecule has 0 aromatic heterocycles. The quantitative estimate of drug-likeness (QED) is 0.471. The van der Waals surface area contributed by atoms with Crippen LogP contribution in [0.1, 0.15) is 44.2 Å². The molecule has 4 rings (SSSR count). The third-order valence-electron chi connectivity index (χ3n) is 7.45. The highest BCUT2D eigenvalue weighted by Crippen LogP contribution is 2.56. The van der Waals surface area contributed by atoms with Gasteiger partial charge in [0.05, 0.1) is 11.8 Å². The van der Waals surface area contributed by atoms with Crippen molar-refractivity contribution in [1.29, 1.82) is 0 Å². The maximum absolute atomic E-state index is 13.1. The van der Waals surface area contributed by atoms with Crippen LogP contribution in [0.15, 0.2) is 16.6 Å². The number of nitrogens with zero attached hydrogens (tertiary/aromatic N) is 1. The molecule has 172 valence electrons. The number of fused-ring (bicyclic) bond motifs is 5. The molecule has 2 bridgehead atoms. The summed E-state index contributed by atoms with van der Waals surface area (Å²) in [5.74, 6) is -2.07. The fourth-order valence-corrected chi connectivity index (χ4v) is 6.14. The molecule has 3 fully saturated rings. The molecule has 1 N–H and O–H groups in total. The third kappa shape index (κ3) is 3.76. The first-order valence-electron chi connectivity index (χ1n) is 11.2. The van der Waals surface area contributed by atoms with Gasteiger partial charge in [0.25, 0.3) is 5.91 Å². The second kappa shape index (κ2) is 8.61. The summed E-state index contributed by atoms with van der Waals surface area (Å²) >= 11 is 3.45. The van der Waals surface area contributed by atoms with Gasteiger partial charge in [0.15, 0.2) is 6.61 Å². The average Bonchev–Trinajstić information content (AvgIpc) is 3.42. The van der Waals surface area contributed by atoms with E-state index >= 15 is 0 Å². The largest absolute Gasteiger partial charge is 0.454 e. The van der Waals surface area contributed by atoms with Gasteiger partial charge in [0.2, 0.25) is 11.8 Å². The number of likely N-dealkylation sites (tertiary alicyclic amines) is 1. The Hall–Kier alpha value is -2.22. The fraction of sp³-hybridized carbons (Fsp3) is 0.583. The minimum atomic E-state index is -1.01. The highest BCUT2D eigenvalue weighted by atomic mass is 79.9. The third-order valence-corrected chi connectivity index (χ3v) is 8.31. The van der Waals surface area contributed by atoms with E-state index in [-0.39, 0.29) is 41.4 Å². The van der Waals surface area contributed by atoms with Gasteiger partial charge in [0, 0.05) is 10.2 Å². The van der Waals surface area contributed by atoms with Gasteiger partial charge in [-0.15, -0.1) is 0 Å². The van der Waals surface area contributed by atoms with Gasteiger partial charge in [-0.25, -0.2) is 4.79 Å². The number of carbonyl (C=O) groups excluding carboxylic acids is 4. The van der Waals surface area contributed by atoms with Crippen LogP contribution >= 0.6 is 15.9 Å². The summed E-state index contributed by atoms with van der Waals surface area (Å²) in [5.41, 5.74) is 2.55. The zero-order chi connectivity index (χ0) is 23.3. The van der Waals surface area contributed by atoms with Crippen molar-refractivity contribution >= 4 is 45.3 Å². The molecule has 1 saturated heterocycles. The lowest BCUT2D eigenvalue weighted by Crippen LogP contribution is -2.50. The Labute approximate surface area is 196 Å². The molecular formula is C24H29BrN2O5. The number of esters is 1. The standard InChI is InChI=1S/C24H29BrN2O5/c1-11(2)21(27-22(29)19-14-5-6-15(9-14)20(19)23(27)30)24(31)32-10-18(28)26-17-8-7-16(25)12(3)13(17)4/h7-8,11,14-15,19-21H,5-6,9-10H2,1-4H3,(H,26,28)/t14-,15-,19-,20+,21-/m0/s1. The van der Waals surface area contributed by atoms with E-state index in [9.17, 15) is 19.2 Å². The molecule has 3 amide bonds. The number of rotatable bonds is 6. The molecule has 0 unspecified atom stereocenters. The fourth-order valence-electron chi connectivity index (χ4n) is 5.71. The van der Waals surface area contributed by atoms with Crippen LogP contribution in [-0.2, 0) is 23.9 Å². The number of benzene rings is 1. The number of hydrogen-bond acceptors (Lipinski definition) is 5. The van der Waals surface area contributed by atoms with Gasteiger partial charge in [0.1, 0.15) is 6.04 Å². The van der Waals surface area contributed by atoms with Crippen LogP contribution in [0.4, 0.5) is 5.69 Å². The first-order valence-corrected chi connectivity index (χ1v) is 12.0. The molecule has 2 aliphatic carbocycles. The molecule has 2 saturated carbocycles. The Kier molecular flexibility index (Phi) is 6.18. The van der Waals surface area contributed by atoms with E-state index in [4.69, 9.17) is 4.74 Å². The van der Waals surface area contributed by atoms with Crippen LogP contribution < -0.4 is 5.32 Å². The van der Waals surface area contributed by atoms with Crippen LogP contribution in [-0.4, -0.2) is 41.2 Å². The topological polar surface area (TPSA) is 92.8 Å². The Morgan fingerprint density at radius 3 is 2.25 bits per heavy atom. The maximum atomic E-state index is 13.1. The van der Waals surface area contributed by atoms with Crippen molar-refractivity contribution in [3.63, 3.8) is 0 Å². The van der Waals surface area contributed by atoms with E-state index in [1.807, 2.05) is 19.9 Å². The van der Waals surface area contributed by atoms with E-state index in [0.717, 1.165) is 39.8 Å². The summed E-state index contributed by atoms with van der Waals surface area (Å²) < 4.78 is 6.23. The second-order valence-corrected chi connectivity index (χ2v) is 10.5. The van der Waals surface area contributed by atoms with Gasteiger partial charge in [-0.3, -0.25) is 19.3 Å². The monoisotopic (exact) mass is 504 g/mol. The van der Waals surface area contributed by atoms with Crippen LogP contribution in [0.3, 0.4) is 0 Å². The highest BCUT2D eigenvalue weighted by molar-refractivity contribution is 9.10. The molecule has 3 aliphatic rings. The van der Waals surface area contributed by atoms with Crippen LogP contribution in [0.25, 0.3) is 0 Å². The number of halogens is 1. The van der Waals surface area contributed by atoms with E-state index in [2.05, 4.69) is 21.2 Å². The normalized spacial score (nSPS) is 27.1. The molecule has 0 radical (unpaired) electrons. The Bertz CT molecular complexity index is 963. The summed E-state index contributed by atoms with van der Waals surface area (Å²) in [6.07, 6.45) is 2.89. The zero-order valence-corrected chi connectivity index (χ0v) is 20.4. The van der Waals surface area contributed by atoms with Crippen molar-refractivity contribution in [2.45, 2.75) is 53.0 Å². The Morgan fingerprint density at radius 1 is 1.09 bits per heavy atom.